The van der Waals surface area contributed by atoms with Gasteiger partial charge in [-0.15, -0.1) is 0 Å². The highest BCUT2D eigenvalue weighted by atomic mass is 16.2. The Balaban J connectivity index is 1.98. The monoisotopic (exact) mass is 292 g/mol. The van der Waals surface area contributed by atoms with Gasteiger partial charge in [-0.3, -0.25) is 9.59 Å². The molecule has 6 nitrogen and oxygen atoms in total. The standard InChI is InChI=1S/C15H24N4O2/c1-4-12(5-2)17-15(21)11-6-7-19(10-11)13-8-14(20)18(3)16-9-13/h8-9,11-12H,4-7,10H2,1-3H3,(H,17,21). The van der Waals surface area contributed by atoms with Gasteiger partial charge in [-0.25, -0.2) is 4.68 Å². The van der Waals surface area contributed by atoms with E-state index in [-0.39, 0.29) is 23.4 Å². The van der Waals surface area contributed by atoms with E-state index >= 15 is 0 Å². The van der Waals surface area contributed by atoms with Gasteiger partial charge < -0.3 is 10.2 Å². The van der Waals surface area contributed by atoms with Gasteiger partial charge in [0.1, 0.15) is 0 Å². The smallest absolute Gasteiger partial charge is 0.268 e. The highest BCUT2D eigenvalue weighted by Crippen LogP contribution is 2.22. The molecular formula is C15H24N4O2. The molecule has 1 aromatic heterocycles. The van der Waals surface area contributed by atoms with Crippen LogP contribution in [0, 0.1) is 5.92 Å². The van der Waals surface area contributed by atoms with Crippen molar-refractivity contribution in [1.29, 1.82) is 0 Å². The van der Waals surface area contributed by atoms with Gasteiger partial charge in [0.05, 0.1) is 17.8 Å². The number of aromatic nitrogens is 2. The molecule has 2 heterocycles. The zero-order valence-electron chi connectivity index (χ0n) is 13.0. The van der Waals surface area contributed by atoms with E-state index in [1.54, 1.807) is 19.3 Å². The van der Waals surface area contributed by atoms with Crippen molar-refractivity contribution in [3.8, 4) is 0 Å². The van der Waals surface area contributed by atoms with Gasteiger partial charge in [0.25, 0.3) is 5.56 Å². The minimum atomic E-state index is -0.127. The lowest BCUT2D eigenvalue weighted by molar-refractivity contribution is -0.125. The molecule has 0 radical (unpaired) electrons. The second-order valence-electron chi connectivity index (χ2n) is 5.63. The van der Waals surface area contributed by atoms with Crippen molar-refractivity contribution in [1.82, 2.24) is 15.1 Å². The summed E-state index contributed by atoms with van der Waals surface area (Å²) in [6.45, 7) is 5.61. The van der Waals surface area contributed by atoms with Gasteiger partial charge >= 0.3 is 0 Å². The molecule has 0 saturated carbocycles. The topological polar surface area (TPSA) is 67.2 Å². The molecule has 1 amide bonds. The van der Waals surface area contributed by atoms with Crippen LogP contribution in [-0.4, -0.2) is 34.8 Å². The molecule has 1 unspecified atom stereocenters. The van der Waals surface area contributed by atoms with E-state index in [2.05, 4.69) is 29.2 Å². The lowest BCUT2D eigenvalue weighted by Gasteiger charge is -2.20. The Kier molecular flexibility index (Phi) is 4.98. The fourth-order valence-electron chi connectivity index (χ4n) is 2.65. The van der Waals surface area contributed by atoms with Crippen molar-refractivity contribution in [3.63, 3.8) is 0 Å². The first kappa shape index (κ1) is 15.5. The van der Waals surface area contributed by atoms with Crippen LogP contribution >= 0.6 is 0 Å². The largest absolute Gasteiger partial charge is 0.369 e. The number of amides is 1. The van der Waals surface area contributed by atoms with E-state index in [9.17, 15) is 9.59 Å². The number of hydrogen-bond donors (Lipinski definition) is 1. The Morgan fingerprint density at radius 3 is 2.81 bits per heavy atom. The first-order valence-corrected chi connectivity index (χ1v) is 7.63. The van der Waals surface area contributed by atoms with Crippen molar-refractivity contribution >= 4 is 11.6 Å². The summed E-state index contributed by atoms with van der Waals surface area (Å²) in [5.41, 5.74) is 0.674. The molecule has 1 aliphatic heterocycles. The zero-order valence-corrected chi connectivity index (χ0v) is 13.0. The second-order valence-corrected chi connectivity index (χ2v) is 5.63. The molecule has 0 spiro atoms. The third-order valence-corrected chi connectivity index (χ3v) is 4.21. The Labute approximate surface area is 125 Å². The van der Waals surface area contributed by atoms with Crippen LogP contribution in [0.5, 0.6) is 0 Å². The zero-order chi connectivity index (χ0) is 15.4. The van der Waals surface area contributed by atoms with Crippen molar-refractivity contribution < 1.29 is 4.79 Å². The first-order chi connectivity index (χ1) is 10.0. The number of nitrogens with zero attached hydrogens (tertiary/aromatic N) is 3. The highest BCUT2D eigenvalue weighted by molar-refractivity contribution is 5.80. The Morgan fingerprint density at radius 1 is 1.48 bits per heavy atom. The van der Waals surface area contributed by atoms with Gasteiger partial charge in [0.2, 0.25) is 5.91 Å². The maximum absolute atomic E-state index is 12.3. The van der Waals surface area contributed by atoms with Crippen LogP contribution in [0.1, 0.15) is 33.1 Å². The third-order valence-electron chi connectivity index (χ3n) is 4.21. The van der Waals surface area contributed by atoms with Gasteiger partial charge in [-0.2, -0.15) is 5.10 Å². The van der Waals surface area contributed by atoms with Crippen LogP contribution in [0.2, 0.25) is 0 Å². The average molecular weight is 292 g/mol. The van der Waals surface area contributed by atoms with E-state index in [1.165, 1.54) is 4.68 Å². The molecule has 1 atom stereocenters. The molecule has 21 heavy (non-hydrogen) atoms. The average Bonchev–Trinajstić information content (AvgIpc) is 2.97. The van der Waals surface area contributed by atoms with Gasteiger partial charge in [0, 0.05) is 32.2 Å². The molecule has 1 fully saturated rings. The molecule has 116 valence electrons. The molecule has 0 bridgehead atoms. The molecule has 6 heteroatoms. The molecule has 0 aromatic carbocycles. The molecule has 1 N–H and O–H groups in total. The van der Waals surface area contributed by atoms with Gasteiger partial charge in [-0.05, 0) is 19.3 Å². The summed E-state index contributed by atoms with van der Waals surface area (Å²) in [6.07, 6.45) is 4.42. The minimum absolute atomic E-state index is 0.00495. The Hall–Kier alpha value is -1.85. The van der Waals surface area contributed by atoms with E-state index in [4.69, 9.17) is 0 Å². The Bertz CT molecular complexity index is 551. The maximum Gasteiger partial charge on any atom is 0.268 e. The van der Waals surface area contributed by atoms with Crippen LogP contribution in [0.3, 0.4) is 0 Å². The van der Waals surface area contributed by atoms with Crippen LogP contribution in [0.25, 0.3) is 0 Å². The molecule has 1 aromatic rings. The van der Waals surface area contributed by atoms with Crippen LogP contribution in [-0.2, 0) is 11.8 Å². The van der Waals surface area contributed by atoms with Crippen LogP contribution < -0.4 is 15.8 Å². The summed E-state index contributed by atoms with van der Waals surface area (Å²) < 4.78 is 1.30. The van der Waals surface area contributed by atoms with E-state index < -0.39 is 0 Å². The highest BCUT2D eigenvalue weighted by Gasteiger charge is 2.29. The first-order valence-electron chi connectivity index (χ1n) is 7.63. The van der Waals surface area contributed by atoms with Crippen LogP contribution in [0.15, 0.2) is 17.1 Å². The number of anilines is 1. The van der Waals surface area contributed by atoms with E-state index in [0.717, 1.165) is 31.5 Å². The van der Waals surface area contributed by atoms with Gasteiger partial charge in [0.15, 0.2) is 0 Å². The number of rotatable bonds is 5. The summed E-state index contributed by atoms with van der Waals surface area (Å²) in [5, 5.41) is 7.13. The lowest BCUT2D eigenvalue weighted by atomic mass is 10.1. The maximum atomic E-state index is 12.3. The quantitative estimate of drug-likeness (QED) is 0.876. The molecule has 2 rings (SSSR count). The number of carbonyl (C=O) groups is 1. The number of hydrogen-bond acceptors (Lipinski definition) is 4. The molecular weight excluding hydrogens is 268 g/mol. The molecule has 0 aliphatic carbocycles. The summed E-state index contributed by atoms with van der Waals surface area (Å²) in [6, 6.07) is 1.84. The molecule has 1 saturated heterocycles. The number of aryl methyl sites for hydroxylation is 1. The minimum Gasteiger partial charge on any atom is -0.369 e. The predicted octanol–water partition coefficient (Wildman–Crippen LogP) is 0.911. The second kappa shape index (κ2) is 6.74. The predicted molar refractivity (Wildman–Crippen MR) is 82.3 cm³/mol. The SMILES string of the molecule is CCC(CC)NC(=O)C1CCN(c2cnn(C)c(=O)c2)C1. The lowest BCUT2D eigenvalue weighted by Crippen LogP contribution is -2.39. The Morgan fingerprint density at radius 2 is 2.19 bits per heavy atom. The fraction of sp³-hybridized carbons (Fsp3) is 0.667. The van der Waals surface area contributed by atoms with Crippen LogP contribution in [0.4, 0.5) is 5.69 Å². The summed E-state index contributed by atoms with van der Waals surface area (Å²) >= 11 is 0. The number of nitrogens with one attached hydrogen (secondary N) is 1. The number of carbonyl (C=O) groups excluding carboxylic acids is 1. The molecule has 1 aliphatic rings. The summed E-state index contributed by atoms with van der Waals surface area (Å²) in [7, 11) is 1.63. The van der Waals surface area contributed by atoms with Crippen molar-refractivity contribution in [2.75, 3.05) is 18.0 Å². The van der Waals surface area contributed by atoms with Crippen molar-refractivity contribution in [2.45, 2.75) is 39.2 Å². The fourth-order valence-corrected chi connectivity index (χ4v) is 2.65. The summed E-state index contributed by atoms with van der Waals surface area (Å²) in [4.78, 5) is 25.9. The van der Waals surface area contributed by atoms with E-state index in [0.29, 0.717) is 6.54 Å². The van der Waals surface area contributed by atoms with E-state index in [1.807, 2.05) is 0 Å². The summed E-state index contributed by atoms with van der Waals surface area (Å²) in [5.74, 6) is 0.123. The van der Waals surface area contributed by atoms with Crippen molar-refractivity contribution in [3.05, 3.63) is 22.6 Å². The van der Waals surface area contributed by atoms with Gasteiger partial charge in [-0.1, -0.05) is 13.8 Å². The third kappa shape index (κ3) is 3.62. The van der Waals surface area contributed by atoms with Crippen molar-refractivity contribution in [2.24, 2.45) is 13.0 Å². The normalized spacial score (nSPS) is 18.3.